The van der Waals surface area contributed by atoms with Crippen molar-refractivity contribution in [1.29, 1.82) is 5.26 Å². The summed E-state index contributed by atoms with van der Waals surface area (Å²) in [7, 11) is 0. The molecule has 0 fully saturated rings. The normalized spacial score (nSPS) is 10.1. The lowest BCUT2D eigenvalue weighted by molar-refractivity contribution is 0.971. The molecule has 0 saturated heterocycles. The summed E-state index contributed by atoms with van der Waals surface area (Å²) in [6.07, 6.45) is 1.94. The fourth-order valence-electron chi connectivity index (χ4n) is 1.86. The van der Waals surface area contributed by atoms with Crippen LogP contribution in [0.4, 0.5) is 5.00 Å². The zero-order chi connectivity index (χ0) is 12.3. The van der Waals surface area contributed by atoms with E-state index >= 15 is 0 Å². The van der Waals surface area contributed by atoms with E-state index in [-0.39, 0.29) is 0 Å². The number of hydrogen-bond acceptors (Lipinski definition) is 3. The minimum atomic E-state index is 0.646. The average molecular weight is 242 g/mol. The Morgan fingerprint density at radius 2 is 1.94 bits per heavy atom. The summed E-state index contributed by atoms with van der Waals surface area (Å²) in [4.78, 5) is 1.22. The van der Waals surface area contributed by atoms with E-state index in [1.54, 1.807) is 11.3 Å². The highest BCUT2D eigenvalue weighted by molar-refractivity contribution is 7.16. The SMILES string of the molecule is Cc1c(CCc2ccccc2)sc(N)c1C#N. The number of nitrogens with two attached hydrogens (primary N) is 1. The molecule has 0 aliphatic carbocycles. The van der Waals surface area contributed by atoms with Crippen LogP contribution in [0.15, 0.2) is 30.3 Å². The smallest absolute Gasteiger partial charge is 0.104 e. The van der Waals surface area contributed by atoms with Gasteiger partial charge in [0, 0.05) is 4.88 Å². The van der Waals surface area contributed by atoms with Crippen LogP contribution in [0.1, 0.15) is 21.6 Å². The third kappa shape index (κ3) is 2.48. The molecule has 3 heteroatoms. The molecule has 0 unspecified atom stereocenters. The molecule has 0 saturated carbocycles. The maximum absolute atomic E-state index is 8.97. The van der Waals surface area contributed by atoms with Crippen LogP contribution in [0.2, 0.25) is 0 Å². The molecule has 0 aliphatic heterocycles. The van der Waals surface area contributed by atoms with Gasteiger partial charge in [-0.1, -0.05) is 30.3 Å². The molecular weight excluding hydrogens is 228 g/mol. The summed E-state index contributed by atoms with van der Waals surface area (Å²) in [5.74, 6) is 0. The molecule has 1 aromatic heterocycles. The van der Waals surface area contributed by atoms with Crippen molar-refractivity contribution in [3.63, 3.8) is 0 Å². The first kappa shape index (κ1) is 11.7. The molecule has 2 nitrogen and oxygen atoms in total. The van der Waals surface area contributed by atoms with Gasteiger partial charge in [-0.25, -0.2) is 0 Å². The van der Waals surface area contributed by atoms with Crippen molar-refractivity contribution in [2.75, 3.05) is 5.73 Å². The highest BCUT2D eigenvalue weighted by atomic mass is 32.1. The number of rotatable bonds is 3. The number of thiophene rings is 1. The highest BCUT2D eigenvalue weighted by Gasteiger charge is 2.11. The third-order valence-electron chi connectivity index (χ3n) is 2.87. The number of nitriles is 1. The van der Waals surface area contributed by atoms with Crippen LogP contribution >= 0.6 is 11.3 Å². The maximum Gasteiger partial charge on any atom is 0.104 e. The molecule has 0 radical (unpaired) electrons. The first-order valence-electron chi connectivity index (χ1n) is 5.54. The average Bonchev–Trinajstić information content (AvgIpc) is 2.63. The first-order chi connectivity index (χ1) is 8.22. The van der Waals surface area contributed by atoms with E-state index in [0.717, 1.165) is 18.4 Å². The highest BCUT2D eigenvalue weighted by Crippen LogP contribution is 2.30. The molecule has 0 spiro atoms. The van der Waals surface area contributed by atoms with E-state index in [4.69, 9.17) is 11.0 Å². The van der Waals surface area contributed by atoms with Gasteiger partial charge in [0.25, 0.3) is 0 Å². The number of hydrogen-bond donors (Lipinski definition) is 1. The minimum absolute atomic E-state index is 0.646. The van der Waals surface area contributed by atoms with Crippen molar-refractivity contribution in [2.24, 2.45) is 0 Å². The number of benzene rings is 1. The number of nitrogen functional groups attached to an aromatic ring is 1. The topological polar surface area (TPSA) is 49.8 Å². The van der Waals surface area contributed by atoms with Crippen LogP contribution in [0.5, 0.6) is 0 Å². The van der Waals surface area contributed by atoms with Gasteiger partial charge in [0.15, 0.2) is 0 Å². The molecular formula is C14H14N2S. The quantitative estimate of drug-likeness (QED) is 0.897. The van der Waals surface area contributed by atoms with Crippen molar-refractivity contribution < 1.29 is 0 Å². The standard InChI is InChI=1S/C14H14N2S/c1-10-12(9-15)14(16)17-13(10)8-7-11-5-3-2-4-6-11/h2-6H,7-8,16H2,1H3. The molecule has 1 aromatic carbocycles. The third-order valence-corrected chi connectivity index (χ3v) is 4.05. The van der Waals surface area contributed by atoms with E-state index < -0.39 is 0 Å². The number of nitrogens with zero attached hydrogens (tertiary/aromatic N) is 1. The second kappa shape index (κ2) is 5.03. The van der Waals surface area contributed by atoms with Gasteiger partial charge < -0.3 is 5.73 Å². The second-order valence-electron chi connectivity index (χ2n) is 3.99. The molecule has 0 aliphatic rings. The summed E-state index contributed by atoms with van der Waals surface area (Å²) in [5, 5.41) is 9.62. The molecule has 1 heterocycles. The zero-order valence-electron chi connectivity index (χ0n) is 9.73. The molecule has 86 valence electrons. The predicted molar refractivity (Wildman–Crippen MR) is 72.0 cm³/mol. The van der Waals surface area contributed by atoms with Crippen LogP contribution in [0.3, 0.4) is 0 Å². The monoisotopic (exact) mass is 242 g/mol. The largest absolute Gasteiger partial charge is 0.389 e. The van der Waals surface area contributed by atoms with E-state index in [1.807, 2.05) is 25.1 Å². The maximum atomic E-state index is 8.97. The van der Waals surface area contributed by atoms with Crippen LogP contribution in [-0.2, 0) is 12.8 Å². The van der Waals surface area contributed by atoms with E-state index in [1.165, 1.54) is 10.4 Å². The van der Waals surface area contributed by atoms with E-state index in [0.29, 0.717) is 10.6 Å². The Labute approximate surface area is 105 Å². The number of aryl methyl sites for hydroxylation is 2. The molecule has 0 amide bonds. The fraction of sp³-hybridized carbons (Fsp3) is 0.214. The fourth-order valence-corrected chi connectivity index (χ4v) is 2.89. The van der Waals surface area contributed by atoms with Gasteiger partial charge in [0.2, 0.25) is 0 Å². The summed E-state index contributed by atoms with van der Waals surface area (Å²) in [5.41, 5.74) is 8.83. The van der Waals surface area contributed by atoms with Gasteiger partial charge in [-0.15, -0.1) is 11.3 Å². The molecule has 17 heavy (non-hydrogen) atoms. The predicted octanol–water partition coefficient (Wildman–Crippen LogP) is 3.30. The van der Waals surface area contributed by atoms with Gasteiger partial charge in [0.05, 0.1) is 5.56 Å². The molecule has 2 aromatic rings. The molecule has 2 N–H and O–H groups in total. The lowest BCUT2D eigenvalue weighted by Gasteiger charge is -2.00. The second-order valence-corrected chi connectivity index (χ2v) is 5.12. The van der Waals surface area contributed by atoms with Crippen molar-refractivity contribution in [1.82, 2.24) is 0 Å². The lowest BCUT2D eigenvalue weighted by Crippen LogP contribution is -1.90. The van der Waals surface area contributed by atoms with E-state index in [9.17, 15) is 0 Å². The number of anilines is 1. The van der Waals surface area contributed by atoms with Crippen molar-refractivity contribution in [2.45, 2.75) is 19.8 Å². The van der Waals surface area contributed by atoms with Gasteiger partial charge in [-0.3, -0.25) is 0 Å². The summed E-state index contributed by atoms with van der Waals surface area (Å²) < 4.78 is 0. The molecule has 0 bridgehead atoms. The lowest BCUT2D eigenvalue weighted by atomic mass is 10.1. The van der Waals surface area contributed by atoms with Crippen molar-refractivity contribution in [3.05, 3.63) is 51.9 Å². The van der Waals surface area contributed by atoms with Crippen molar-refractivity contribution in [3.8, 4) is 6.07 Å². The van der Waals surface area contributed by atoms with Crippen molar-refractivity contribution >= 4 is 16.3 Å². The summed E-state index contributed by atoms with van der Waals surface area (Å²) in [6.45, 7) is 1.98. The first-order valence-corrected chi connectivity index (χ1v) is 6.35. The Balaban J connectivity index is 2.13. The van der Waals surface area contributed by atoms with Crippen LogP contribution in [-0.4, -0.2) is 0 Å². The molecule has 0 atom stereocenters. The summed E-state index contributed by atoms with van der Waals surface area (Å²) in [6, 6.07) is 12.5. The van der Waals surface area contributed by atoms with Crippen LogP contribution in [0, 0.1) is 18.3 Å². The van der Waals surface area contributed by atoms with Gasteiger partial charge in [-0.2, -0.15) is 5.26 Å². The Kier molecular flexibility index (Phi) is 3.46. The Morgan fingerprint density at radius 3 is 2.53 bits per heavy atom. The zero-order valence-corrected chi connectivity index (χ0v) is 10.6. The van der Waals surface area contributed by atoms with Crippen LogP contribution < -0.4 is 5.73 Å². The minimum Gasteiger partial charge on any atom is -0.389 e. The van der Waals surface area contributed by atoms with Gasteiger partial charge >= 0.3 is 0 Å². The van der Waals surface area contributed by atoms with E-state index in [2.05, 4.69) is 18.2 Å². The summed E-state index contributed by atoms with van der Waals surface area (Å²) >= 11 is 1.54. The van der Waals surface area contributed by atoms with Gasteiger partial charge in [0.1, 0.15) is 11.1 Å². The molecule has 2 rings (SSSR count). The van der Waals surface area contributed by atoms with Crippen LogP contribution in [0.25, 0.3) is 0 Å². The Morgan fingerprint density at radius 1 is 1.24 bits per heavy atom. The Bertz CT molecular complexity index is 550. The Hall–Kier alpha value is -1.79. The van der Waals surface area contributed by atoms with Gasteiger partial charge in [-0.05, 0) is 30.9 Å².